The summed E-state index contributed by atoms with van der Waals surface area (Å²) in [4.78, 5) is 12.8. The monoisotopic (exact) mass is 428 g/mol. The van der Waals surface area contributed by atoms with Crippen LogP contribution >= 0.6 is 0 Å². The van der Waals surface area contributed by atoms with Crippen LogP contribution in [0.1, 0.15) is 41.9 Å². The van der Waals surface area contributed by atoms with E-state index in [4.69, 9.17) is 9.15 Å². The Morgan fingerprint density at radius 1 is 1.20 bits per heavy atom. The molecule has 8 heteroatoms. The van der Waals surface area contributed by atoms with E-state index in [2.05, 4.69) is 10.0 Å². The second-order valence-electron chi connectivity index (χ2n) is 7.55. The molecule has 1 aliphatic rings. The van der Waals surface area contributed by atoms with Gasteiger partial charge in [-0.2, -0.15) is 0 Å². The quantitative estimate of drug-likeness (QED) is 0.571. The SMILES string of the molecule is COc1cccc2cc(C(C)NC(=O)c3cccc(S(=O)(=O)NCC4CC4)c3)oc12. The van der Waals surface area contributed by atoms with Gasteiger partial charge in [-0.1, -0.05) is 18.2 Å². The summed E-state index contributed by atoms with van der Waals surface area (Å²) in [6.07, 6.45) is 2.10. The molecule has 30 heavy (non-hydrogen) atoms. The molecular formula is C22H24N2O5S. The van der Waals surface area contributed by atoms with Crippen LogP contribution in [-0.4, -0.2) is 28.0 Å². The number of carbonyl (C=O) groups excluding carboxylic acids is 1. The molecule has 158 valence electrons. The summed E-state index contributed by atoms with van der Waals surface area (Å²) in [5.74, 6) is 1.25. The van der Waals surface area contributed by atoms with Gasteiger partial charge in [0.05, 0.1) is 18.0 Å². The predicted molar refractivity (Wildman–Crippen MR) is 113 cm³/mol. The van der Waals surface area contributed by atoms with Gasteiger partial charge in [0.1, 0.15) is 5.76 Å². The van der Waals surface area contributed by atoms with E-state index in [-0.39, 0.29) is 16.4 Å². The smallest absolute Gasteiger partial charge is 0.251 e. The predicted octanol–water partition coefficient (Wildman–Crippen LogP) is 3.62. The number of methoxy groups -OCH3 is 1. The Balaban J connectivity index is 1.49. The number of sulfonamides is 1. The molecule has 0 radical (unpaired) electrons. The van der Waals surface area contributed by atoms with E-state index in [0.717, 1.165) is 18.2 Å². The van der Waals surface area contributed by atoms with E-state index in [0.29, 0.717) is 29.6 Å². The van der Waals surface area contributed by atoms with Gasteiger partial charge in [-0.15, -0.1) is 0 Å². The summed E-state index contributed by atoms with van der Waals surface area (Å²) < 4.78 is 38.7. The lowest BCUT2D eigenvalue weighted by Gasteiger charge is -2.12. The second-order valence-corrected chi connectivity index (χ2v) is 9.31. The van der Waals surface area contributed by atoms with Crippen molar-refractivity contribution < 1.29 is 22.4 Å². The number of nitrogens with one attached hydrogen (secondary N) is 2. The van der Waals surface area contributed by atoms with Gasteiger partial charge in [-0.3, -0.25) is 4.79 Å². The lowest BCUT2D eigenvalue weighted by Crippen LogP contribution is -2.28. The Labute approximate surface area is 175 Å². The molecule has 1 aromatic heterocycles. The van der Waals surface area contributed by atoms with E-state index in [1.165, 1.54) is 12.1 Å². The number of amides is 1. The van der Waals surface area contributed by atoms with Gasteiger partial charge in [0.15, 0.2) is 11.3 Å². The average molecular weight is 429 g/mol. The van der Waals surface area contributed by atoms with Gasteiger partial charge in [0, 0.05) is 17.5 Å². The molecule has 2 N–H and O–H groups in total. The fourth-order valence-electron chi connectivity index (χ4n) is 3.22. The molecule has 3 aromatic rings. The van der Waals surface area contributed by atoms with Crippen molar-refractivity contribution in [1.82, 2.24) is 10.0 Å². The van der Waals surface area contributed by atoms with E-state index >= 15 is 0 Å². The van der Waals surface area contributed by atoms with Crippen LogP contribution in [0.5, 0.6) is 5.75 Å². The first-order valence-corrected chi connectivity index (χ1v) is 11.3. The average Bonchev–Trinajstić information content (AvgIpc) is 3.47. The molecule has 1 heterocycles. The van der Waals surface area contributed by atoms with Gasteiger partial charge in [0.2, 0.25) is 10.0 Å². The maximum absolute atomic E-state index is 12.7. The van der Waals surface area contributed by atoms with E-state index in [9.17, 15) is 13.2 Å². The third-order valence-electron chi connectivity index (χ3n) is 5.19. The lowest BCUT2D eigenvalue weighted by molar-refractivity contribution is 0.0935. The largest absolute Gasteiger partial charge is 0.493 e. The third kappa shape index (κ3) is 4.34. The van der Waals surface area contributed by atoms with Crippen molar-refractivity contribution in [3.8, 4) is 5.75 Å². The van der Waals surface area contributed by atoms with E-state index in [1.807, 2.05) is 24.3 Å². The normalized spacial score (nSPS) is 15.1. The maximum Gasteiger partial charge on any atom is 0.251 e. The number of benzene rings is 2. The van der Waals surface area contributed by atoms with Crippen molar-refractivity contribution in [2.75, 3.05) is 13.7 Å². The van der Waals surface area contributed by atoms with Crippen molar-refractivity contribution in [3.63, 3.8) is 0 Å². The van der Waals surface area contributed by atoms with Crippen molar-refractivity contribution in [2.24, 2.45) is 5.92 Å². The second kappa shape index (κ2) is 8.12. The number of ether oxygens (including phenoxy) is 1. The van der Waals surface area contributed by atoms with Gasteiger partial charge in [-0.05, 0) is 56.0 Å². The molecule has 0 aliphatic heterocycles. The van der Waals surface area contributed by atoms with Gasteiger partial charge in [0.25, 0.3) is 5.91 Å². The van der Waals surface area contributed by atoms with Crippen molar-refractivity contribution in [3.05, 3.63) is 59.9 Å². The number of rotatable bonds is 8. The minimum atomic E-state index is -3.64. The van der Waals surface area contributed by atoms with Gasteiger partial charge < -0.3 is 14.5 Å². The highest BCUT2D eigenvalue weighted by atomic mass is 32.2. The van der Waals surface area contributed by atoms with Crippen LogP contribution in [0.25, 0.3) is 11.0 Å². The van der Waals surface area contributed by atoms with Gasteiger partial charge in [-0.25, -0.2) is 13.1 Å². The van der Waals surface area contributed by atoms with Gasteiger partial charge >= 0.3 is 0 Å². The molecule has 0 spiro atoms. The Bertz CT molecular complexity index is 1180. The summed E-state index contributed by atoms with van der Waals surface area (Å²) >= 11 is 0. The molecule has 2 aromatic carbocycles. The minimum absolute atomic E-state index is 0.0805. The van der Waals surface area contributed by atoms with E-state index in [1.54, 1.807) is 26.2 Å². The molecule has 7 nitrogen and oxygen atoms in total. The Morgan fingerprint density at radius 2 is 1.97 bits per heavy atom. The third-order valence-corrected chi connectivity index (χ3v) is 6.61. The Hall–Kier alpha value is -2.84. The first-order valence-electron chi connectivity index (χ1n) is 9.84. The summed E-state index contributed by atoms with van der Waals surface area (Å²) in [7, 11) is -2.07. The molecule has 1 fully saturated rings. The zero-order chi connectivity index (χ0) is 21.3. The molecule has 1 atom stereocenters. The van der Waals surface area contributed by atoms with Crippen LogP contribution in [0.15, 0.2) is 57.8 Å². The standard InChI is InChI=1S/C22H24N2O5S/c1-14(20-12-16-5-4-8-19(28-2)21(16)29-20)24-22(25)17-6-3-7-18(11-17)30(26,27)23-13-15-9-10-15/h3-8,11-12,14-15,23H,9-10,13H2,1-2H3,(H,24,25). The summed E-state index contributed by atoms with van der Waals surface area (Å²) in [5.41, 5.74) is 0.885. The zero-order valence-electron chi connectivity index (χ0n) is 16.8. The molecular weight excluding hydrogens is 404 g/mol. The van der Waals surface area contributed by atoms with Crippen molar-refractivity contribution in [2.45, 2.75) is 30.7 Å². The molecule has 1 aliphatic carbocycles. The van der Waals surface area contributed by atoms with Crippen LogP contribution in [0, 0.1) is 5.92 Å². The molecule has 4 rings (SSSR count). The highest BCUT2D eigenvalue weighted by Gasteiger charge is 2.25. The fourth-order valence-corrected chi connectivity index (χ4v) is 4.38. The highest BCUT2D eigenvalue weighted by Crippen LogP contribution is 2.31. The van der Waals surface area contributed by atoms with Crippen LogP contribution < -0.4 is 14.8 Å². The molecule has 1 saturated carbocycles. The minimum Gasteiger partial charge on any atom is -0.493 e. The summed E-state index contributed by atoms with van der Waals surface area (Å²) in [5, 5.41) is 3.74. The number of fused-ring (bicyclic) bond motifs is 1. The summed E-state index contributed by atoms with van der Waals surface area (Å²) in [6.45, 7) is 2.24. The molecule has 1 unspecified atom stereocenters. The topological polar surface area (TPSA) is 97.6 Å². The molecule has 0 saturated heterocycles. The van der Waals surface area contributed by atoms with Crippen LogP contribution in [-0.2, 0) is 10.0 Å². The maximum atomic E-state index is 12.7. The molecule has 1 amide bonds. The Kier molecular flexibility index (Phi) is 5.53. The zero-order valence-corrected chi connectivity index (χ0v) is 17.7. The van der Waals surface area contributed by atoms with Crippen molar-refractivity contribution in [1.29, 1.82) is 0 Å². The van der Waals surface area contributed by atoms with Crippen LogP contribution in [0.4, 0.5) is 0 Å². The highest BCUT2D eigenvalue weighted by molar-refractivity contribution is 7.89. The number of para-hydroxylation sites is 1. The number of carbonyl (C=O) groups is 1. The first kappa shape index (κ1) is 20.4. The summed E-state index contributed by atoms with van der Waals surface area (Å²) in [6, 6.07) is 13.0. The lowest BCUT2D eigenvalue weighted by atomic mass is 10.1. The van der Waals surface area contributed by atoms with E-state index < -0.39 is 16.1 Å². The number of furan rings is 1. The van der Waals surface area contributed by atoms with Crippen molar-refractivity contribution >= 4 is 26.9 Å². The van der Waals surface area contributed by atoms with Crippen LogP contribution in [0.3, 0.4) is 0 Å². The molecule has 0 bridgehead atoms. The van der Waals surface area contributed by atoms with Crippen LogP contribution in [0.2, 0.25) is 0 Å². The Morgan fingerprint density at radius 3 is 2.70 bits per heavy atom. The number of hydrogen-bond acceptors (Lipinski definition) is 5. The first-order chi connectivity index (χ1) is 14.4. The number of hydrogen-bond donors (Lipinski definition) is 2. The fraction of sp³-hybridized carbons (Fsp3) is 0.318.